The van der Waals surface area contributed by atoms with Gasteiger partial charge < -0.3 is 14.6 Å². The van der Waals surface area contributed by atoms with E-state index < -0.39 is 5.97 Å². The van der Waals surface area contributed by atoms with Crippen molar-refractivity contribution in [3.8, 4) is 11.5 Å². The van der Waals surface area contributed by atoms with E-state index in [-0.39, 0.29) is 5.56 Å². The predicted molar refractivity (Wildman–Crippen MR) is 97.2 cm³/mol. The van der Waals surface area contributed by atoms with Gasteiger partial charge in [0.25, 0.3) is 0 Å². The summed E-state index contributed by atoms with van der Waals surface area (Å²) in [6, 6.07) is 14.2. The molecular formula is C20H17NO4. The van der Waals surface area contributed by atoms with Crippen LogP contribution in [-0.4, -0.2) is 30.3 Å². The molecule has 0 aliphatic heterocycles. The number of fused-ring (bicyclic) bond motifs is 1. The third-order valence-corrected chi connectivity index (χ3v) is 3.84. The first-order chi connectivity index (χ1) is 12.1. The fourth-order valence-electron chi connectivity index (χ4n) is 2.59. The molecule has 2 aromatic carbocycles. The standard InChI is InChI=1S/C20H17NO4/c1-24-15-10-8-13(19(12-15)25-2)7-9-14-11-17(20(22)23)16-5-3-4-6-18(16)21-14/h3-12H,1-2H3,(H,22,23). The number of aromatic nitrogens is 1. The molecule has 5 heteroatoms. The van der Waals surface area contributed by atoms with Crippen LogP contribution in [0.1, 0.15) is 21.6 Å². The smallest absolute Gasteiger partial charge is 0.336 e. The number of pyridine rings is 1. The first-order valence-electron chi connectivity index (χ1n) is 7.65. The highest BCUT2D eigenvalue weighted by Gasteiger charge is 2.10. The Hall–Kier alpha value is -3.34. The van der Waals surface area contributed by atoms with Crippen LogP contribution in [0.25, 0.3) is 23.1 Å². The summed E-state index contributed by atoms with van der Waals surface area (Å²) in [7, 11) is 3.18. The van der Waals surface area contributed by atoms with Gasteiger partial charge in [-0.25, -0.2) is 9.78 Å². The molecule has 0 saturated carbocycles. The average molecular weight is 335 g/mol. The molecule has 3 aromatic rings. The van der Waals surface area contributed by atoms with E-state index in [0.29, 0.717) is 28.1 Å². The summed E-state index contributed by atoms with van der Waals surface area (Å²) in [5.74, 6) is 0.385. The zero-order valence-corrected chi connectivity index (χ0v) is 13.9. The van der Waals surface area contributed by atoms with Crippen LogP contribution >= 0.6 is 0 Å². The Kier molecular flexibility index (Phi) is 4.66. The number of carboxylic acid groups (broad SMARTS) is 1. The summed E-state index contributed by atoms with van der Waals surface area (Å²) in [6.45, 7) is 0. The number of ether oxygens (including phenoxy) is 2. The topological polar surface area (TPSA) is 68.7 Å². The first kappa shape index (κ1) is 16.5. The minimum atomic E-state index is -0.977. The highest BCUT2D eigenvalue weighted by molar-refractivity contribution is 6.03. The molecule has 0 aliphatic rings. The minimum absolute atomic E-state index is 0.229. The van der Waals surface area contributed by atoms with E-state index in [1.54, 1.807) is 50.6 Å². The third kappa shape index (κ3) is 3.45. The maximum absolute atomic E-state index is 11.5. The summed E-state index contributed by atoms with van der Waals surface area (Å²) in [6.07, 6.45) is 3.60. The van der Waals surface area contributed by atoms with E-state index >= 15 is 0 Å². The number of hydrogen-bond donors (Lipinski definition) is 1. The van der Waals surface area contributed by atoms with Crippen LogP contribution in [0.3, 0.4) is 0 Å². The second-order valence-electron chi connectivity index (χ2n) is 5.36. The molecule has 0 fully saturated rings. The molecular weight excluding hydrogens is 318 g/mol. The van der Waals surface area contributed by atoms with Gasteiger partial charge in [0, 0.05) is 17.0 Å². The van der Waals surface area contributed by atoms with Gasteiger partial charge in [0.05, 0.1) is 31.0 Å². The van der Waals surface area contributed by atoms with Crippen molar-refractivity contribution in [2.45, 2.75) is 0 Å². The number of aromatic carboxylic acids is 1. The van der Waals surface area contributed by atoms with Crippen LogP contribution in [0.15, 0.2) is 48.5 Å². The lowest BCUT2D eigenvalue weighted by atomic mass is 10.1. The van der Waals surface area contributed by atoms with Gasteiger partial charge in [0.15, 0.2) is 0 Å². The van der Waals surface area contributed by atoms with Gasteiger partial charge in [-0.2, -0.15) is 0 Å². The second kappa shape index (κ2) is 7.05. The van der Waals surface area contributed by atoms with Gasteiger partial charge in [0.1, 0.15) is 11.5 Å². The van der Waals surface area contributed by atoms with E-state index in [9.17, 15) is 9.90 Å². The van der Waals surface area contributed by atoms with Gasteiger partial charge in [-0.3, -0.25) is 0 Å². The maximum atomic E-state index is 11.5. The molecule has 0 amide bonds. The first-order valence-corrected chi connectivity index (χ1v) is 7.65. The van der Waals surface area contributed by atoms with Crippen molar-refractivity contribution in [2.24, 2.45) is 0 Å². The van der Waals surface area contributed by atoms with Crippen LogP contribution in [0, 0.1) is 0 Å². The number of para-hydroxylation sites is 1. The van der Waals surface area contributed by atoms with Crippen molar-refractivity contribution in [3.05, 3.63) is 65.4 Å². The lowest BCUT2D eigenvalue weighted by Gasteiger charge is -2.07. The Morgan fingerprint density at radius 3 is 2.56 bits per heavy atom. The molecule has 0 atom stereocenters. The molecule has 0 bridgehead atoms. The molecule has 0 radical (unpaired) electrons. The van der Waals surface area contributed by atoms with Crippen molar-refractivity contribution in [1.29, 1.82) is 0 Å². The molecule has 0 saturated heterocycles. The summed E-state index contributed by atoms with van der Waals surface area (Å²) in [4.78, 5) is 16.0. The molecule has 3 rings (SSSR count). The highest BCUT2D eigenvalue weighted by atomic mass is 16.5. The Bertz CT molecular complexity index is 963. The second-order valence-corrected chi connectivity index (χ2v) is 5.36. The molecule has 1 aromatic heterocycles. The number of methoxy groups -OCH3 is 2. The van der Waals surface area contributed by atoms with Gasteiger partial charge in [-0.05, 0) is 36.4 Å². The minimum Gasteiger partial charge on any atom is -0.497 e. The predicted octanol–water partition coefficient (Wildman–Crippen LogP) is 4.12. The molecule has 5 nitrogen and oxygen atoms in total. The molecule has 0 spiro atoms. The van der Waals surface area contributed by atoms with Crippen LogP contribution in [0.4, 0.5) is 0 Å². The Morgan fingerprint density at radius 2 is 1.84 bits per heavy atom. The van der Waals surface area contributed by atoms with Crippen LogP contribution in [0.5, 0.6) is 11.5 Å². The van der Waals surface area contributed by atoms with E-state index in [0.717, 1.165) is 5.56 Å². The summed E-state index contributed by atoms with van der Waals surface area (Å²) in [5.41, 5.74) is 2.28. The van der Waals surface area contributed by atoms with Crippen molar-refractivity contribution < 1.29 is 19.4 Å². The van der Waals surface area contributed by atoms with E-state index in [1.807, 2.05) is 24.3 Å². The van der Waals surface area contributed by atoms with Crippen LogP contribution in [-0.2, 0) is 0 Å². The Balaban J connectivity index is 2.03. The molecule has 126 valence electrons. The number of rotatable bonds is 5. The van der Waals surface area contributed by atoms with Crippen molar-refractivity contribution in [2.75, 3.05) is 14.2 Å². The Morgan fingerprint density at radius 1 is 1.04 bits per heavy atom. The van der Waals surface area contributed by atoms with Gasteiger partial charge in [-0.1, -0.05) is 18.2 Å². The molecule has 1 heterocycles. The number of carbonyl (C=O) groups is 1. The normalized spacial score (nSPS) is 11.0. The summed E-state index contributed by atoms with van der Waals surface area (Å²) in [5, 5.41) is 10.1. The molecule has 1 N–H and O–H groups in total. The largest absolute Gasteiger partial charge is 0.497 e. The summed E-state index contributed by atoms with van der Waals surface area (Å²) < 4.78 is 10.5. The highest BCUT2D eigenvalue weighted by Crippen LogP contribution is 2.26. The van der Waals surface area contributed by atoms with Crippen molar-refractivity contribution >= 4 is 29.0 Å². The van der Waals surface area contributed by atoms with Crippen LogP contribution in [0.2, 0.25) is 0 Å². The van der Waals surface area contributed by atoms with Gasteiger partial charge in [-0.15, -0.1) is 0 Å². The van der Waals surface area contributed by atoms with Gasteiger partial charge >= 0.3 is 5.97 Å². The van der Waals surface area contributed by atoms with E-state index in [2.05, 4.69) is 4.98 Å². The number of nitrogens with zero attached hydrogens (tertiary/aromatic N) is 1. The zero-order chi connectivity index (χ0) is 17.8. The van der Waals surface area contributed by atoms with Gasteiger partial charge in [0.2, 0.25) is 0 Å². The number of hydrogen-bond acceptors (Lipinski definition) is 4. The lowest BCUT2D eigenvalue weighted by Crippen LogP contribution is -2.00. The molecule has 0 unspecified atom stereocenters. The fraction of sp³-hybridized carbons (Fsp3) is 0.100. The quantitative estimate of drug-likeness (QED) is 0.759. The SMILES string of the molecule is COc1ccc(C=Cc2cc(C(=O)O)c3ccccc3n2)c(OC)c1. The summed E-state index contributed by atoms with van der Waals surface area (Å²) >= 11 is 0. The van der Waals surface area contributed by atoms with E-state index in [4.69, 9.17) is 9.47 Å². The van der Waals surface area contributed by atoms with E-state index in [1.165, 1.54) is 0 Å². The lowest BCUT2D eigenvalue weighted by molar-refractivity contribution is 0.0699. The van der Waals surface area contributed by atoms with Crippen molar-refractivity contribution in [3.63, 3.8) is 0 Å². The van der Waals surface area contributed by atoms with Crippen molar-refractivity contribution in [1.82, 2.24) is 4.98 Å². The molecule has 0 aliphatic carbocycles. The Labute approximate surface area is 145 Å². The maximum Gasteiger partial charge on any atom is 0.336 e. The molecule has 25 heavy (non-hydrogen) atoms. The van der Waals surface area contributed by atoms with Crippen LogP contribution < -0.4 is 9.47 Å². The fourth-order valence-corrected chi connectivity index (χ4v) is 2.59. The third-order valence-electron chi connectivity index (χ3n) is 3.84. The zero-order valence-electron chi connectivity index (χ0n) is 13.9. The number of benzene rings is 2. The average Bonchev–Trinajstić information content (AvgIpc) is 2.65. The number of carboxylic acids is 1. The monoisotopic (exact) mass is 335 g/mol.